The molecule has 5 rings (SSSR count). The van der Waals surface area contributed by atoms with Gasteiger partial charge in [-0.25, -0.2) is 4.98 Å². The number of carbonyl (C=O) groups excluding carboxylic acids is 1. The Balaban J connectivity index is 1.37. The number of aromatic nitrogens is 1. The Hall–Kier alpha value is -2.25. The molecule has 3 heterocycles. The lowest BCUT2D eigenvalue weighted by Gasteiger charge is -2.34. The predicted molar refractivity (Wildman–Crippen MR) is 151 cm³/mol. The van der Waals surface area contributed by atoms with E-state index in [-0.39, 0.29) is 11.4 Å². The summed E-state index contributed by atoms with van der Waals surface area (Å²) in [6, 6.07) is 12.0. The fraction of sp³-hybridized carbons (Fsp3) is 0.586. The molecule has 2 aliphatic heterocycles. The summed E-state index contributed by atoms with van der Waals surface area (Å²) in [5.74, 6) is 1.74. The Morgan fingerprint density at radius 3 is 2.33 bits per heavy atom. The maximum atomic E-state index is 13.6. The van der Waals surface area contributed by atoms with Gasteiger partial charge in [0.15, 0.2) is 0 Å². The first-order valence-electron chi connectivity index (χ1n) is 13.4. The molecule has 0 unspecified atom stereocenters. The Morgan fingerprint density at radius 1 is 0.972 bits per heavy atom. The van der Waals surface area contributed by atoms with Gasteiger partial charge in [0.2, 0.25) is 0 Å². The average molecular weight is 508 g/mol. The molecular formula is C29H41N5OS. The highest BCUT2D eigenvalue weighted by atomic mass is 32.2. The molecule has 36 heavy (non-hydrogen) atoms. The van der Waals surface area contributed by atoms with E-state index in [2.05, 4.69) is 60.5 Å². The molecule has 7 heteroatoms. The Bertz CT molecular complexity index is 1110. The van der Waals surface area contributed by atoms with E-state index in [1.165, 1.54) is 25.7 Å². The monoisotopic (exact) mass is 507 g/mol. The molecule has 1 aliphatic carbocycles. The van der Waals surface area contributed by atoms with E-state index in [1.807, 2.05) is 30.3 Å². The molecular weight excluding hydrogens is 466 g/mol. The number of piperidine rings is 1. The van der Waals surface area contributed by atoms with Crippen LogP contribution in [0, 0.1) is 10.8 Å². The maximum absolute atomic E-state index is 13.6. The van der Waals surface area contributed by atoms with Crippen LogP contribution in [-0.4, -0.2) is 42.6 Å². The first-order valence-corrected chi connectivity index (χ1v) is 14.2. The third-order valence-electron chi connectivity index (χ3n) is 7.75. The first-order chi connectivity index (χ1) is 17.0. The van der Waals surface area contributed by atoms with Crippen molar-refractivity contribution in [3.8, 4) is 0 Å². The van der Waals surface area contributed by atoms with Crippen molar-refractivity contribution in [3.63, 3.8) is 0 Å². The second-order valence-electron chi connectivity index (χ2n) is 12.8. The molecule has 1 amide bonds. The van der Waals surface area contributed by atoms with Gasteiger partial charge in [0.1, 0.15) is 11.6 Å². The summed E-state index contributed by atoms with van der Waals surface area (Å²) in [4.78, 5) is 24.5. The zero-order valence-corrected chi connectivity index (χ0v) is 23.3. The molecule has 3 aliphatic rings. The van der Waals surface area contributed by atoms with Crippen molar-refractivity contribution in [3.05, 3.63) is 42.0 Å². The summed E-state index contributed by atoms with van der Waals surface area (Å²) >= 11 is 1.58. The van der Waals surface area contributed by atoms with E-state index >= 15 is 0 Å². The van der Waals surface area contributed by atoms with Gasteiger partial charge >= 0.3 is 0 Å². The highest BCUT2D eigenvalue weighted by Gasteiger charge is 2.45. The second kappa shape index (κ2) is 9.56. The lowest BCUT2D eigenvalue weighted by Crippen LogP contribution is -2.37. The summed E-state index contributed by atoms with van der Waals surface area (Å²) in [6.07, 6.45) is 6.30. The highest BCUT2D eigenvalue weighted by molar-refractivity contribution is 7.97. The normalized spacial score (nSPS) is 20.6. The molecule has 2 aromatic rings. The SMILES string of the molecule is CC1(C)CCN(c2ccc(C(=O)Nc3cccc(SNC(C)(C)C)c3)c(N3CCC4(CC3)CC4)n2)C1. The number of rotatable bonds is 6. The number of pyridine rings is 1. The summed E-state index contributed by atoms with van der Waals surface area (Å²) in [7, 11) is 0. The largest absolute Gasteiger partial charge is 0.356 e. The van der Waals surface area contributed by atoms with E-state index < -0.39 is 0 Å². The minimum Gasteiger partial charge on any atom is -0.356 e. The van der Waals surface area contributed by atoms with Gasteiger partial charge in [0.05, 0.1) is 5.56 Å². The van der Waals surface area contributed by atoms with Crippen LogP contribution in [-0.2, 0) is 0 Å². The quantitative estimate of drug-likeness (QED) is 0.445. The number of anilines is 3. The van der Waals surface area contributed by atoms with E-state index in [4.69, 9.17) is 4.98 Å². The fourth-order valence-corrected chi connectivity index (χ4v) is 6.01. The smallest absolute Gasteiger partial charge is 0.259 e. The zero-order chi connectivity index (χ0) is 25.6. The number of carbonyl (C=O) groups is 1. The van der Waals surface area contributed by atoms with Crippen molar-refractivity contribution in [1.82, 2.24) is 9.71 Å². The van der Waals surface area contributed by atoms with Crippen LogP contribution in [0.5, 0.6) is 0 Å². The van der Waals surface area contributed by atoms with Crippen LogP contribution in [0.4, 0.5) is 17.3 Å². The van der Waals surface area contributed by atoms with Crippen molar-refractivity contribution >= 4 is 35.2 Å². The van der Waals surface area contributed by atoms with Gasteiger partial charge in [-0.2, -0.15) is 0 Å². The number of nitrogens with zero attached hydrogens (tertiary/aromatic N) is 3. The standard InChI is InChI=1S/C29H41N5OS/c1-27(2,3)32-36-22-8-6-7-21(19-22)30-26(35)23-9-10-24(34-16-13-28(4,5)20-34)31-25(23)33-17-14-29(11-12-29)15-18-33/h6-10,19,32H,11-18,20H2,1-5H3,(H,30,35). The molecule has 2 saturated heterocycles. The number of benzene rings is 1. The van der Waals surface area contributed by atoms with Crippen LogP contribution in [0.2, 0.25) is 0 Å². The fourth-order valence-electron chi connectivity index (χ4n) is 5.26. The summed E-state index contributed by atoms with van der Waals surface area (Å²) in [6.45, 7) is 15.0. The van der Waals surface area contributed by atoms with Crippen LogP contribution < -0.4 is 19.8 Å². The molecule has 2 N–H and O–H groups in total. The van der Waals surface area contributed by atoms with Crippen molar-refractivity contribution in [2.24, 2.45) is 10.8 Å². The van der Waals surface area contributed by atoms with E-state index in [9.17, 15) is 4.79 Å². The summed E-state index contributed by atoms with van der Waals surface area (Å²) < 4.78 is 3.44. The number of hydrogen-bond donors (Lipinski definition) is 2. The molecule has 0 bridgehead atoms. The lowest BCUT2D eigenvalue weighted by molar-refractivity contribution is 0.102. The van der Waals surface area contributed by atoms with Crippen LogP contribution in [0.1, 0.15) is 77.1 Å². The van der Waals surface area contributed by atoms with Gasteiger partial charge < -0.3 is 15.1 Å². The van der Waals surface area contributed by atoms with Crippen LogP contribution >= 0.6 is 11.9 Å². The third kappa shape index (κ3) is 6.00. The van der Waals surface area contributed by atoms with E-state index in [1.54, 1.807) is 11.9 Å². The molecule has 1 spiro atoms. The third-order valence-corrected chi connectivity index (χ3v) is 8.96. The number of nitrogens with one attached hydrogen (secondary N) is 2. The topological polar surface area (TPSA) is 60.5 Å². The molecule has 0 atom stereocenters. The molecule has 1 aromatic carbocycles. The highest BCUT2D eigenvalue weighted by Crippen LogP contribution is 2.54. The van der Waals surface area contributed by atoms with Gasteiger partial charge in [-0.3, -0.25) is 9.52 Å². The minimum absolute atomic E-state index is 0.00425. The first kappa shape index (κ1) is 25.4. The number of amides is 1. The molecule has 1 aromatic heterocycles. The summed E-state index contributed by atoms with van der Waals surface area (Å²) in [5.41, 5.74) is 2.34. The van der Waals surface area contributed by atoms with Gasteiger partial charge in [0.25, 0.3) is 5.91 Å². The lowest BCUT2D eigenvalue weighted by atomic mass is 9.93. The second-order valence-corrected chi connectivity index (χ2v) is 13.7. The van der Waals surface area contributed by atoms with Crippen LogP contribution in [0.15, 0.2) is 41.3 Å². The minimum atomic E-state index is -0.0940. The Labute approximate surface area is 220 Å². The molecule has 0 radical (unpaired) electrons. The molecule has 3 fully saturated rings. The van der Waals surface area contributed by atoms with Crippen LogP contribution in [0.25, 0.3) is 0 Å². The van der Waals surface area contributed by atoms with Crippen molar-refractivity contribution in [2.75, 3.05) is 41.3 Å². The zero-order valence-electron chi connectivity index (χ0n) is 22.5. The maximum Gasteiger partial charge on any atom is 0.259 e. The number of hydrogen-bond acceptors (Lipinski definition) is 6. The van der Waals surface area contributed by atoms with Crippen molar-refractivity contribution < 1.29 is 4.79 Å². The van der Waals surface area contributed by atoms with Crippen molar-refractivity contribution in [1.29, 1.82) is 0 Å². The van der Waals surface area contributed by atoms with Gasteiger partial charge in [-0.15, -0.1) is 0 Å². The van der Waals surface area contributed by atoms with E-state index in [0.29, 0.717) is 16.4 Å². The Morgan fingerprint density at radius 2 is 1.69 bits per heavy atom. The summed E-state index contributed by atoms with van der Waals surface area (Å²) in [5, 5.41) is 3.15. The van der Waals surface area contributed by atoms with Crippen molar-refractivity contribution in [2.45, 2.75) is 77.2 Å². The van der Waals surface area contributed by atoms with E-state index in [0.717, 1.165) is 54.8 Å². The molecule has 1 saturated carbocycles. The Kier molecular flexibility index (Phi) is 6.75. The van der Waals surface area contributed by atoms with Crippen LogP contribution in [0.3, 0.4) is 0 Å². The van der Waals surface area contributed by atoms with Gasteiger partial charge in [-0.05, 0) is 106 Å². The molecule has 194 valence electrons. The van der Waals surface area contributed by atoms with Gasteiger partial charge in [0, 0.05) is 42.3 Å². The molecule has 6 nitrogen and oxygen atoms in total. The average Bonchev–Trinajstić information content (AvgIpc) is 3.48. The van der Waals surface area contributed by atoms with Gasteiger partial charge in [-0.1, -0.05) is 19.9 Å². The predicted octanol–water partition coefficient (Wildman–Crippen LogP) is 6.35.